The van der Waals surface area contributed by atoms with Crippen LogP contribution in [0.1, 0.15) is 25.3 Å². The lowest BCUT2D eigenvalue weighted by Crippen LogP contribution is -2.18. The Kier molecular flexibility index (Phi) is 3.68. The second-order valence-electron chi connectivity index (χ2n) is 4.96. The average molecular weight is 384 g/mol. The van der Waals surface area contributed by atoms with Gasteiger partial charge >= 0.3 is 5.97 Å². The quantitative estimate of drug-likeness (QED) is 0.801. The van der Waals surface area contributed by atoms with Crippen molar-refractivity contribution in [3.63, 3.8) is 0 Å². The molecule has 0 bridgehead atoms. The van der Waals surface area contributed by atoms with Crippen LogP contribution in [0.2, 0.25) is 0 Å². The van der Waals surface area contributed by atoms with Crippen LogP contribution in [0.15, 0.2) is 24.3 Å². The van der Waals surface area contributed by atoms with E-state index in [0.717, 1.165) is 22.0 Å². The first-order chi connectivity index (χ1) is 9.65. The summed E-state index contributed by atoms with van der Waals surface area (Å²) >= 11 is 2.24. The van der Waals surface area contributed by atoms with Crippen LogP contribution in [0.3, 0.4) is 0 Å². The van der Waals surface area contributed by atoms with Gasteiger partial charge in [-0.1, -0.05) is 12.1 Å². The van der Waals surface area contributed by atoms with Gasteiger partial charge in [-0.15, -0.1) is 5.10 Å². The molecule has 1 N–H and O–H groups in total. The van der Waals surface area contributed by atoms with E-state index in [1.54, 1.807) is 4.68 Å². The van der Waals surface area contributed by atoms with Gasteiger partial charge in [0.15, 0.2) is 5.82 Å². The van der Waals surface area contributed by atoms with Gasteiger partial charge in [-0.05, 0) is 63.9 Å². The van der Waals surface area contributed by atoms with E-state index < -0.39 is 5.97 Å². The van der Waals surface area contributed by atoms with Crippen molar-refractivity contribution in [3.05, 3.63) is 27.8 Å². The minimum absolute atomic E-state index is 0.0626. The summed E-state index contributed by atoms with van der Waals surface area (Å²) in [6.07, 6.45) is 2.15. The fourth-order valence-electron chi connectivity index (χ4n) is 2.32. The van der Waals surface area contributed by atoms with Crippen molar-refractivity contribution in [2.75, 3.05) is 0 Å². The van der Waals surface area contributed by atoms with Gasteiger partial charge in [0, 0.05) is 9.13 Å². The maximum atomic E-state index is 11.0. The molecule has 1 atom stereocenters. The number of rotatable bonds is 5. The lowest BCUT2D eigenvalue weighted by atomic mass is 10.1. The highest BCUT2D eigenvalue weighted by molar-refractivity contribution is 14.1. The number of carbonyl (C=O) groups is 1. The molecule has 1 aliphatic carbocycles. The molecule has 0 spiro atoms. The molecule has 6 nitrogen and oxygen atoms in total. The van der Waals surface area contributed by atoms with Gasteiger partial charge in [-0.3, -0.25) is 4.79 Å². The molecule has 0 amide bonds. The zero-order valence-electron chi connectivity index (χ0n) is 10.6. The van der Waals surface area contributed by atoms with Crippen LogP contribution in [0.4, 0.5) is 0 Å². The zero-order chi connectivity index (χ0) is 14.1. The van der Waals surface area contributed by atoms with Gasteiger partial charge in [0.1, 0.15) is 0 Å². The molecule has 1 saturated carbocycles. The molecule has 1 fully saturated rings. The lowest BCUT2D eigenvalue weighted by molar-refractivity contribution is -0.138. The van der Waals surface area contributed by atoms with Crippen molar-refractivity contribution >= 4 is 28.6 Å². The van der Waals surface area contributed by atoms with E-state index in [0.29, 0.717) is 11.7 Å². The van der Waals surface area contributed by atoms with Crippen molar-refractivity contribution in [1.82, 2.24) is 20.2 Å². The molecule has 1 aliphatic rings. The molecule has 0 radical (unpaired) electrons. The third kappa shape index (κ3) is 2.82. The van der Waals surface area contributed by atoms with Crippen LogP contribution in [0.5, 0.6) is 0 Å². The van der Waals surface area contributed by atoms with E-state index in [2.05, 4.69) is 38.1 Å². The first kappa shape index (κ1) is 13.5. The largest absolute Gasteiger partial charge is 0.481 e. The molecule has 3 rings (SSSR count). The van der Waals surface area contributed by atoms with Crippen LogP contribution in [0, 0.1) is 9.49 Å². The zero-order valence-corrected chi connectivity index (χ0v) is 12.8. The topological polar surface area (TPSA) is 80.9 Å². The Morgan fingerprint density at radius 3 is 2.70 bits per heavy atom. The number of hydrogen-bond acceptors (Lipinski definition) is 4. The fourth-order valence-corrected chi connectivity index (χ4v) is 2.68. The Morgan fingerprint density at radius 1 is 1.40 bits per heavy atom. The van der Waals surface area contributed by atoms with Crippen LogP contribution in [-0.4, -0.2) is 31.3 Å². The van der Waals surface area contributed by atoms with E-state index >= 15 is 0 Å². The minimum Gasteiger partial charge on any atom is -0.481 e. The average Bonchev–Trinajstić information content (AvgIpc) is 3.14. The van der Waals surface area contributed by atoms with Gasteiger partial charge in [-0.2, -0.15) is 0 Å². The van der Waals surface area contributed by atoms with E-state index in [4.69, 9.17) is 5.11 Å². The molecule has 20 heavy (non-hydrogen) atoms. The first-order valence-electron chi connectivity index (χ1n) is 6.41. The number of tetrazole rings is 1. The van der Waals surface area contributed by atoms with Gasteiger partial charge < -0.3 is 5.11 Å². The molecule has 0 aliphatic heterocycles. The molecular weight excluding hydrogens is 371 g/mol. The third-order valence-electron chi connectivity index (χ3n) is 3.46. The second-order valence-corrected chi connectivity index (χ2v) is 6.20. The number of nitrogens with zero attached hydrogens (tertiary/aromatic N) is 4. The van der Waals surface area contributed by atoms with Gasteiger partial charge in [0.2, 0.25) is 0 Å². The summed E-state index contributed by atoms with van der Waals surface area (Å²) < 4.78 is 2.81. The standard InChI is InChI=1S/C13H13IN4O2/c14-10-5-3-9(4-6-10)13-15-16-17-18(13)11(7-12(19)20)8-1-2-8/h3-6,8,11H,1-2,7H2,(H,19,20). The maximum Gasteiger partial charge on any atom is 0.305 e. The van der Waals surface area contributed by atoms with E-state index in [1.165, 1.54) is 0 Å². The number of aliphatic carboxylic acids is 1. The summed E-state index contributed by atoms with van der Waals surface area (Å²) in [5, 5.41) is 20.9. The highest BCUT2D eigenvalue weighted by atomic mass is 127. The molecule has 0 saturated heterocycles. The Labute approximate surface area is 129 Å². The maximum absolute atomic E-state index is 11.0. The number of carboxylic acids is 1. The number of benzene rings is 1. The molecule has 7 heteroatoms. The predicted octanol–water partition coefficient (Wildman–Crippen LogP) is 2.37. The highest BCUT2D eigenvalue weighted by Crippen LogP contribution is 2.42. The Hall–Kier alpha value is -1.51. The monoisotopic (exact) mass is 384 g/mol. The molecule has 1 aromatic heterocycles. The van der Waals surface area contributed by atoms with Crippen LogP contribution < -0.4 is 0 Å². The van der Waals surface area contributed by atoms with Gasteiger partial charge in [0.25, 0.3) is 0 Å². The number of hydrogen-bond donors (Lipinski definition) is 1. The summed E-state index contributed by atoms with van der Waals surface area (Å²) in [7, 11) is 0. The molecular formula is C13H13IN4O2. The first-order valence-corrected chi connectivity index (χ1v) is 7.48. The summed E-state index contributed by atoms with van der Waals surface area (Å²) in [4.78, 5) is 11.0. The van der Waals surface area contributed by atoms with Crippen molar-refractivity contribution < 1.29 is 9.90 Å². The van der Waals surface area contributed by atoms with E-state index in [-0.39, 0.29) is 12.5 Å². The molecule has 1 unspecified atom stereocenters. The number of carboxylic acid groups (broad SMARTS) is 1. The molecule has 1 heterocycles. The number of aromatic nitrogens is 4. The van der Waals surface area contributed by atoms with Gasteiger partial charge in [-0.25, -0.2) is 4.68 Å². The molecule has 1 aromatic carbocycles. The fraction of sp³-hybridized carbons (Fsp3) is 0.385. The lowest BCUT2D eigenvalue weighted by Gasteiger charge is -2.15. The summed E-state index contributed by atoms with van der Waals surface area (Å²) in [6, 6.07) is 7.72. The minimum atomic E-state index is -0.814. The molecule has 2 aromatic rings. The van der Waals surface area contributed by atoms with Crippen LogP contribution >= 0.6 is 22.6 Å². The van der Waals surface area contributed by atoms with Crippen LogP contribution in [0.25, 0.3) is 11.4 Å². The van der Waals surface area contributed by atoms with Gasteiger partial charge in [0.05, 0.1) is 12.5 Å². The normalized spacial score (nSPS) is 16.1. The van der Waals surface area contributed by atoms with E-state index in [9.17, 15) is 4.79 Å². The summed E-state index contributed by atoms with van der Waals surface area (Å²) in [5.74, 6) is 0.197. The van der Waals surface area contributed by atoms with Crippen molar-refractivity contribution in [1.29, 1.82) is 0 Å². The summed E-state index contributed by atoms with van der Waals surface area (Å²) in [5.41, 5.74) is 0.909. The molecule has 104 valence electrons. The smallest absolute Gasteiger partial charge is 0.305 e. The second kappa shape index (κ2) is 5.47. The SMILES string of the molecule is O=C(O)CC(C1CC1)n1nnnc1-c1ccc(I)cc1. The Bertz CT molecular complexity index is 622. The Balaban J connectivity index is 1.95. The Morgan fingerprint density at radius 2 is 2.10 bits per heavy atom. The van der Waals surface area contributed by atoms with Crippen molar-refractivity contribution in [2.24, 2.45) is 5.92 Å². The summed E-state index contributed by atoms with van der Waals surface area (Å²) in [6.45, 7) is 0. The van der Waals surface area contributed by atoms with E-state index in [1.807, 2.05) is 24.3 Å². The highest BCUT2D eigenvalue weighted by Gasteiger charge is 2.36. The van der Waals surface area contributed by atoms with Crippen LogP contribution in [-0.2, 0) is 4.79 Å². The number of halogens is 1. The predicted molar refractivity (Wildman–Crippen MR) is 80.0 cm³/mol. The van der Waals surface area contributed by atoms with Crippen molar-refractivity contribution in [3.8, 4) is 11.4 Å². The third-order valence-corrected chi connectivity index (χ3v) is 4.18. The van der Waals surface area contributed by atoms with Crippen molar-refractivity contribution in [2.45, 2.75) is 25.3 Å².